The maximum atomic E-state index is 5.37. The summed E-state index contributed by atoms with van der Waals surface area (Å²) >= 11 is 0. The smallest absolute Gasteiger partial charge is 0.256 e. The Bertz CT molecular complexity index is 257. The second kappa shape index (κ2) is 4.87. The van der Waals surface area contributed by atoms with E-state index in [2.05, 4.69) is 4.98 Å². The largest absolute Gasteiger partial charge is 0.475 e. The predicted molar refractivity (Wildman–Crippen MR) is 48.0 cm³/mol. The normalized spacial score (nSPS) is 10.4. The average Bonchev–Trinajstić information content (AvgIpc) is 2.39. The summed E-state index contributed by atoms with van der Waals surface area (Å²) in [7, 11) is 1.67. The molecule has 0 aromatic carbocycles. The number of ether oxygens (including phenoxy) is 2. The molecule has 74 valence electrons. The van der Waals surface area contributed by atoms with Gasteiger partial charge in [-0.15, -0.1) is 0 Å². The molecular formula is C9H15NO3. The minimum atomic E-state index is 0.591. The molecule has 1 aromatic rings. The summed E-state index contributed by atoms with van der Waals surface area (Å²) in [6.45, 7) is 4.96. The van der Waals surface area contributed by atoms with Crippen LogP contribution in [-0.4, -0.2) is 25.3 Å². The molecule has 4 nitrogen and oxygen atoms in total. The van der Waals surface area contributed by atoms with Crippen molar-refractivity contribution < 1.29 is 13.9 Å². The third-order valence-corrected chi connectivity index (χ3v) is 1.59. The maximum Gasteiger partial charge on any atom is 0.256 e. The molecular weight excluding hydrogens is 170 g/mol. The third-order valence-electron chi connectivity index (χ3n) is 1.59. The summed E-state index contributed by atoms with van der Waals surface area (Å²) in [6.07, 6.45) is 0.863. The minimum Gasteiger partial charge on any atom is -0.475 e. The Hall–Kier alpha value is -1.03. The Morgan fingerprint density at radius 2 is 2.08 bits per heavy atom. The van der Waals surface area contributed by atoms with E-state index in [4.69, 9.17) is 13.9 Å². The van der Waals surface area contributed by atoms with Gasteiger partial charge < -0.3 is 13.9 Å². The fourth-order valence-corrected chi connectivity index (χ4v) is 1.02. The van der Waals surface area contributed by atoms with Crippen LogP contribution in [0, 0.1) is 13.8 Å². The van der Waals surface area contributed by atoms with E-state index in [0.717, 1.165) is 12.2 Å². The van der Waals surface area contributed by atoms with Crippen LogP contribution in [0.3, 0.4) is 0 Å². The van der Waals surface area contributed by atoms with Gasteiger partial charge in [0.15, 0.2) is 11.7 Å². The van der Waals surface area contributed by atoms with E-state index >= 15 is 0 Å². The van der Waals surface area contributed by atoms with Gasteiger partial charge in [0, 0.05) is 27.1 Å². The second-order valence-corrected chi connectivity index (χ2v) is 2.79. The summed E-state index contributed by atoms with van der Waals surface area (Å²) in [5.74, 6) is 1.96. The molecule has 0 bridgehead atoms. The molecule has 0 aliphatic heterocycles. The molecule has 0 N–H and O–H groups in total. The molecule has 1 aromatic heterocycles. The Balaban J connectivity index is 2.32. The second-order valence-electron chi connectivity index (χ2n) is 2.79. The van der Waals surface area contributed by atoms with Gasteiger partial charge in [0.1, 0.15) is 0 Å². The van der Waals surface area contributed by atoms with Gasteiger partial charge in [-0.3, -0.25) is 0 Å². The van der Waals surface area contributed by atoms with E-state index in [1.807, 2.05) is 6.92 Å². The summed E-state index contributed by atoms with van der Waals surface area (Å²) in [5, 5.41) is 0. The van der Waals surface area contributed by atoms with Gasteiger partial charge in [0.25, 0.3) is 5.88 Å². The van der Waals surface area contributed by atoms with Crippen LogP contribution in [0.2, 0.25) is 0 Å². The van der Waals surface area contributed by atoms with E-state index < -0.39 is 0 Å². The summed E-state index contributed by atoms with van der Waals surface area (Å²) < 4.78 is 15.5. The van der Waals surface area contributed by atoms with Gasteiger partial charge in [-0.1, -0.05) is 0 Å². The van der Waals surface area contributed by atoms with Gasteiger partial charge in [-0.2, -0.15) is 4.98 Å². The number of aryl methyl sites for hydroxylation is 2. The fraction of sp³-hybridized carbons (Fsp3) is 0.667. The first kappa shape index (κ1) is 10.1. The molecule has 0 saturated carbocycles. The van der Waals surface area contributed by atoms with Crippen LogP contribution in [0.4, 0.5) is 0 Å². The van der Waals surface area contributed by atoms with Gasteiger partial charge in [0.2, 0.25) is 0 Å². The molecule has 0 amide bonds. The highest BCUT2D eigenvalue weighted by atomic mass is 16.5. The van der Waals surface area contributed by atoms with E-state index in [1.165, 1.54) is 0 Å². The number of aromatic nitrogens is 1. The Kier molecular flexibility index (Phi) is 3.76. The molecule has 0 unspecified atom stereocenters. The van der Waals surface area contributed by atoms with Gasteiger partial charge in [-0.25, -0.2) is 0 Å². The molecule has 13 heavy (non-hydrogen) atoms. The van der Waals surface area contributed by atoms with Gasteiger partial charge in [-0.05, 0) is 6.92 Å². The standard InChI is InChI=1S/C9H15NO3/c1-7-9(10-8(2)13-7)12-6-4-5-11-3/h4-6H2,1-3H3. The summed E-state index contributed by atoms with van der Waals surface area (Å²) in [4.78, 5) is 4.08. The number of methoxy groups -OCH3 is 1. The van der Waals surface area contributed by atoms with Crippen molar-refractivity contribution in [3.05, 3.63) is 11.7 Å². The van der Waals surface area contributed by atoms with Gasteiger partial charge in [0.05, 0.1) is 6.61 Å². The lowest BCUT2D eigenvalue weighted by Gasteiger charge is -2.01. The SMILES string of the molecule is COCCCOc1nc(C)oc1C. The molecule has 0 spiro atoms. The molecule has 0 fully saturated rings. The average molecular weight is 185 g/mol. The van der Waals surface area contributed by atoms with Gasteiger partial charge >= 0.3 is 0 Å². The van der Waals surface area contributed by atoms with E-state index in [0.29, 0.717) is 25.0 Å². The Labute approximate surface area is 77.9 Å². The number of rotatable bonds is 5. The number of hydrogen-bond donors (Lipinski definition) is 0. The first-order chi connectivity index (χ1) is 6.24. The zero-order valence-electron chi connectivity index (χ0n) is 8.29. The van der Waals surface area contributed by atoms with Crippen LogP contribution in [0.5, 0.6) is 5.88 Å². The molecule has 4 heteroatoms. The summed E-state index contributed by atoms with van der Waals surface area (Å²) in [6, 6.07) is 0. The molecule has 0 atom stereocenters. The van der Waals surface area contributed by atoms with Crippen LogP contribution < -0.4 is 4.74 Å². The maximum absolute atomic E-state index is 5.37. The first-order valence-electron chi connectivity index (χ1n) is 4.30. The molecule has 0 radical (unpaired) electrons. The summed E-state index contributed by atoms with van der Waals surface area (Å²) in [5.41, 5.74) is 0. The lowest BCUT2D eigenvalue weighted by atomic mass is 10.5. The highest BCUT2D eigenvalue weighted by Gasteiger charge is 2.06. The third kappa shape index (κ3) is 3.06. The van der Waals surface area contributed by atoms with Crippen molar-refractivity contribution in [2.45, 2.75) is 20.3 Å². The Morgan fingerprint density at radius 1 is 1.31 bits per heavy atom. The zero-order chi connectivity index (χ0) is 9.68. The highest BCUT2D eigenvalue weighted by molar-refractivity contribution is 5.14. The lowest BCUT2D eigenvalue weighted by molar-refractivity contribution is 0.170. The van der Waals surface area contributed by atoms with Crippen molar-refractivity contribution in [3.63, 3.8) is 0 Å². The minimum absolute atomic E-state index is 0.591. The van der Waals surface area contributed by atoms with Crippen molar-refractivity contribution in [1.82, 2.24) is 4.98 Å². The number of nitrogens with zero attached hydrogens (tertiary/aromatic N) is 1. The van der Waals surface area contributed by atoms with Crippen LogP contribution in [0.15, 0.2) is 4.42 Å². The molecule has 0 aliphatic carbocycles. The van der Waals surface area contributed by atoms with Crippen LogP contribution in [-0.2, 0) is 4.74 Å². The molecule has 1 heterocycles. The zero-order valence-corrected chi connectivity index (χ0v) is 8.29. The fourth-order valence-electron chi connectivity index (χ4n) is 1.02. The van der Waals surface area contributed by atoms with Crippen molar-refractivity contribution in [2.75, 3.05) is 20.3 Å². The monoisotopic (exact) mass is 185 g/mol. The van der Waals surface area contributed by atoms with Crippen LogP contribution >= 0.6 is 0 Å². The first-order valence-corrected chi connectivity index (χ1v) is 4.30. The Morgan fingerprint density at radius 3 is 2.62 bits per heavy atom. The topological polar surface area (TPSA) is 44.5 Å². The van der Waals surface area contributed by atoms with E-state index in [-0.39, 0.29) is 0 Å². The van der Waals surface area contributed by atoms with Crippen molar-refractivity contribution in [1.29, 1.82) is 0 Å². The lowest BCUT2D eigenvalue weighted by Crippen LogP contribution is -2.02. The van der Waals surface area contributed by atoms with Crippen molar-refractivity contribution in [3.8, 4) is 5.88 Å². The van der Waals surface area contributed by atoms with Crippen molar-refractivity contribution in [2.24, 2.45) is 0 Å². The molecule has 0 saturated heterocycles. The van der Waals surface area contributed by atoms with Crippen LogP contribution in [0.1, 0.15) is 18.1 Å². The molecule has 1 rings (SSSR count). The van der Waals surface area contributed by atoms with E-state index in [9.17, 15) is 0 Å². The van der Waals surface area contributed by atoms with Crippen LogP contribution in [0.25, 0.3) is 0 Å². The predicted octanol–water partition coefficient (Wildman–Crippen LogP) is 1.71. The number of hydrogen-bond acceptors (Lipinski definition) is 4. The van der Waals surface area contributed by atoms with E-state index in [1.54, 1.807) is 14.0 Å². The van der Waals surface area contributed by atoms with Crippen molar-refractivity contribution >= 4 is 0 Å². The highest BCUT2D eigenvalue weighted by Crippen LogP contribution is 2.16. The molecule has 0 aliphatic rings. The number of oxazole rings is 1. The quantitative estimate of drug-likeness (QED) is 0.655.